The van der Waals surface area contributed by atoms with Crippen molar-refractivity contribution in [1.82, 2.24) is 9.88 Å². The first-order valence-corrected chi connectivity index (χ1v) is 7.80. The number of pyridine rings is 1. The van der Waals surface area contributed by atoms with Crippen LogP contribution >= 0.6 is 0 Å². The minimum absolute atomic E-state index is 0.478. The van der Waals surface area contributed by atoms with Gasteiger partial charge in [0.1, 0.15) is 0 Å². The molecule has 1 aliphatic rings. The van der Waals surface area contributed by atoms with Crippen molar-refractivity contribution in [3.8, 4) is 6.07 Å². The molecule has 3 rings (SSSR count). The SMILES string of the molecule is CCc1cccc2c(CC#N)c3c(nc12)CCN(CC)C3. The topological polar surface area (TPSA) is 39.9 Å². The molecule has 0 spiro atoms. The fourth-order valence-corrected chi connectivity index (χ4v) is 3.30. The predicted molar refractivity (Wildman–Crippen MR) is 85.1 cm³/mol. The number of fused-ring (bicyclic) bond motifs is 2. The Morgan fingerprint density at radius 2 is 2.19 bits per heavy atom. The van der Waals surface area contributed by atoms with Gasteiger partial charge in [0.25, 0.3) is 0 Å². The van der Waals surface area contributed by atoms with E-state index in [1.807, 2.05) is 0 Å². The summed E-state index contributed by atoms with van der Waals surface area (Å²) in [5.74, 6) is 0. The largest absolute Gasteiger partial charge is 0.299 e. The smallest absolute Gasteiger partial charge is 0.0740 e. The zero-order valence-electron chi connectivity index (χ0n) is 12.8. The molecule has 0 amide bonds. The van der Waals surface area contributed by atoms with Gasteiger partial charge in [-0.2, -0.15) is 5.26 Å². The molecule has 2 aromatic rings. The molecular weight excluding hydrogens is 258 g/mol. The average molecular weight is 279 g/mol. The first kappa shape index (κ1) is 14.0. The van der Waals surface area contributed by atoms with Crippen LogP contribution in [0.2, 0.25) is 0 Å². The van der Waals surface area contributed by atoms with E-state index in [0.29, 0.717) is 6.42 Å². The third-order valence-corrected chi connectivity index (χ3v) is 4.53. The van der Waals surface area contributed by atoms with Crippen LogP contribution in [0.25, 0.3) is 10.9 Å². The van der Waals surface area contributed by atoms with Gasteiger partial charge >= 0.3 is 0 Å². The molecule has 0 fully saturated rings. The number of aromatic nitrogens is 1. The quantitative estimate of drug-likeness (QED) is 0.866. The Bertz CT molecular complexity index is 712. The number of benzene rings is 1. The van der Waals surface area contributed by atoms with Gasteiger partial charge in [0, 0.05) is 30.6 Å². The Morgan fingerprint density at radius 1 is 1.33 bits per heavy atom. The van der Waals surface area contributed by atoms with E-state index in [1.54, 1.807) is 0 Å². The maximum Gasteiger partial charge on any atom is 0.0740 e. The summed E-state index contributed by atoms with van der Waals surface area (Å²) in [6, 6.07) is 8.72. The van der Waals surface area contributed by atoms with Crippen molar-refractivity contribution < 1.29 is 0 Å². The highest BCUT2D eigenvalue weighted by Crippen LogP contribution is 2.30. The number of hydrogen-bond donors (Lipinski definition) is 0. The van der Waals surface area contributed by atoms with Crippen LogP contribution in [-0.2, 0) is 25.8 Å². The lowest BCUT2D eigenvalue weighted by Gasteiger charge is -2.29. The van der Waals surface area contributed by atoms with Crippen LogP contribution in [-0.4, -0.2) is 23.0 Å². The molecule has 0 bridgehead atoms. The summed E-state index contributed by atoms with van der Waals surface area (Å²) in [4.78, 5) is 7.39. The van der Waals surface area contributed by atoms with Crippen LogP contribution in [0.1, 0.15) is 36.2 Å². The van der Waals surface area contributed by atoms with E-state index in [0.717, 1.165) is 38.0 Å². The maximum absolute atomic E-state index is 9.25. The molecule has 3 heteroatoms. The highest BCUT2D eigenvalue weighted by Gasteiger charge is 2.22. The Kier molecular flexibility index (Phi) is 3.90. The van der Waals surface area contributed by atoms with Crippen molar-refractivity contribution in [2.45, 2.75) is 39.7 Å². The first-order valence-electron chi connectivity index (χ1n) is 7.80. The molecule has 0 unspecified atom stereocenters. The highest BCUT2D eigenvalue weighted by atomic mass is 15.1. The molecule has 0 aliphatic carbocycles. The summed E-state index contributed by atoms with van der Waals surface area (Å²) in [5, 5.41) is 10.4. The summed E-state index contributed by atoms with van der Waals surface area (Å²) in [5.41, 5.74) is 6.09. The Labute approximate surface area is 126 Å². The first-order chi connectivity index (χ1) is 10.3. The van der Waals surface area contributed by atoms with Crippen LogP contribution < -0.4 is 0 Å². The molecule has 1 aromatic heterocycles. The lowest BCUT2D eigenvalue weighted by Crippen LogP contribution is -2.31. The van der Waals surface area contributed by atoms with Crippen molar-refractivity contribution >= 4 is 10.9 Å². The Hall–Kier alpha value is -1.92. The minimum Gasteiger partial charge on any atom is -0.299 e. The van der Waals surface area contributed by atoms with Crippen molar-refractivity contribution in [3.05, 3.63) is 40.6 Å². The maximum atomic E-state index is 9.25. The third-order valence-electron chi connectivity index (χ3n) is 4.53. The lowest BCUT2D eigenvalue weighted by atomic mass is 9.92. The Morgan fingerprint density at radius 3 is 2.90 bits per heavy atom. The minimum atomic E-state index is 0.478. The van der Waals surface area contributed by atoms with Gasteiger partial charge in [-0.15, -0.1) is 0 Å². The van der Waals surface area contributed by atoms with Crippen LogP contribution in [0.3, 0.4) is 0 Å². The molecule has 0 saturated carbocycles. The molecule has 3 nitrogen and oxygen atoms in total. The van der Waals surface area contributed by atoms with Crippen molar-refractivity contribution in [1.29, 1.82) is 5.26 Å². The summed E-state index contributed by atoms with van der Waals surface area (Å²) < 4.78 is 0. The number of hydrogen-bond acceptors (Lipinski definition) is 3. The summed E-state index contributed by atoms with van der Waals surface area (Å²) in [6.45, 7) is 7.42. The van der Waals surface area contributed by atoms with E-state index in [-0.39, 0.29) is 0 Å². The normalized spacial score (nSPS) is 14.9. The monoisotopic (exact) mass is 279 g/mol. The Balaban J connectivity index is 2.26. The average Bonchev–Trinajstić information content (AvgIpc) is 2.54. The molecule has 0 radical (unpaired) electrons. The van der Waals surface area contributed by atoms with E-state index < -0.39 is 0 Å². The lowest BCUT2D eigenvalue weighted by molar-refractivity contribution is 0.265. The number of likely N-dealkylation sites (N-methyl/N-ethyl adjacent to an activating group) is 1. The second kappa shape index (κ2) is 5.83. The van der Waals surface area contributed by atoms with Gasteiger partial charge in [0.2, 0.25) is 0 Å². The highest BCUT2D eigenvalue weighted by molar-refractivity contribution is 5.87. The molecule has 0 N–H and O–H groups in total. The zero-order valence-corrected chi connectivity index (χ0v) is 12.8. The number of nitrogens with zero attached hydrogens (tertiary/aromatic N) is 3. The van der Waals surface area contributed by atoms with Gasteiger partial charge in [-0.3, -0.25) is 9.88 Å². The van der Waals surface area contributed by atoms with E-state index >= 15 is 0 Å². The fourth-order valence-electron chi connectivity index (χ4n) is 3.30. The zero-order chi connectivity index (χ0) is 14.8. The third kappa shape index (κ3) is 2.41. The van der Waals surface area contributed by atoms with Crippen LogP contribution in [0.5, 0.6) is 0 Å². The van der Waals surface area contributed by atoms with Gasteiger partial charge in [0.15, 0.2) is 0 Å². The van der Waals surface area contributed by atoms with Gasteiger partial charge in [-0.05, 0) is 29.7 Å². The summed E-state index contributed by atoms with van der Waals surface area (Å²) in [6.07, 6.45) is 2.46. The van der Waals surface area contributed by atoms with E-state index in [2.05, 4.69) is 43.0 Å². The molecule has 0 atom stereocenters. The second-order valence-electron chi connectivity index (χ2n) is 5.64. The van der Waals surface area contributed by atoms with Gasteiger partial charge < -0.3 is 0 Å². The molecule has 1 aliphatic heterocycles. The number of para-hydroxylation sites is 1. The van der Waals surface area contributed by atoms with Crippen LogP contribution in [0.4, 0.5) is 0 Å². The van der Waals surface area contributed by atoms with Crippen LogP contribution in [0.15, 0.2) is 18.2 Å². The van der Waals surface area contributed by atoms with Gasteiger partial charge in [0.05, 0.1) is 18.0 Å². The number of rotatable bonds is 3. The number of nitriles is 1. The van der Waals surface area contributed by atoms with E-state index in [9.17, 15) is 5.26 Å². The molecule has 2 heterocycles. The van der Waals surface area contributed by atoms with Crippen molar-refractivity contribution in [2.75, 3.05) is 13.1 Å². The number of aryl methyl sites for hydroxylation is 1. The molecule has 0 saturated heterocycles. The van der Waals surface area contributed by atoms with Gasteiger partial charge in [-0.1, -0.05) is 32.0 Å². The fraction of sp³-hybridized carbons (Fsp3) is 0.444. The van der Waals surface area contributed by atoms with Crippen molar-refractivity contribution in [3.63, 3.8) is 0 Å². The summed E-state index contributed by atoms with van der Waals surface area (Å²) in [7, 11) is 0. The molecule has 1 aromatic carbocycles. The standard InChI is InChI=1S/C18H21N3/c1-3-13-6-5-7-15-14(8-10-19)16-12-21(4-2)11-9-17(16)20-18(13)15/h5-7H,3-4,8-9,11-12H2,1-2H3. The summed E-state index contributed by atoms with van der Waals surface area (Å²) >= 11 is 0. The molecular formula is C18H21N3. The molecule has 21 heavy (non-hydrogen) atoms. The second-order valence-corrected chi connectivity index (χ2v) is 5.64. The van der Waals surface area contributed by atoms with Crippen molar-refractivity contribution in [2.24, 2.45) is 0 Å². The molecule has 108 valence electrons. The van der Waals surface area contributed by atoms with E-state index in [1.165, 1.54) is 27.8 Å². The van der Waals surface area contributed by atoms with Crippen LogP contribution in [0, 0.1) is 11.3 Å². The van der Waals surface area contributed by atoms with Gasteiger partial charge in [-0.25, -0.2) is 0 Å². The predicted octanol–water partition coefficient (Wildman–Crippen LogP) is 3.24. The van der Waals surface area contributed by atoms with E-state index in [4.69, 9.17) is 4.98 Å².